The van der Waals surface area contributed by atoms with E-state index in [1.165, 1.54) is 32.1 Å². The Balaban J connectivity index is 1.39. The van der Waals surface area contributed by atoms with Gasteiger partial charge in [0.15, 0.2) is 0 Å². The number of hydrogen-bond donors (Lipinski definition) is 2. The maximum Gasteiger partial charge on any atom is 0.255 e. The van der Waals surface area contributed by atoms with Gasteiger partial charge in [0, 0.05) is 23.6 Å². The summed E-state index contributed by atoms with van der Waals surface area (Å²) in [5, 5.41) is 6.12. The zero-order valence-electron chi connectivity index (χ0n) is 20.0. The van der Waals surface area contributed by atoms with Crippen LogP contribution in [0.5, 0.6) is 11.5 Å². The summed E-state index contributed by atoms with van der Waals surface area (Å²) in [5.41, 5.74) is 1.68. The van der Waals surface area contributed by atoms with E-state index in [0.717, 1.165) is 11.8 Å². The lowest BCUT2D eigenvalue weighted by Crippen LogP contribution is -2.49. The van der Waals surface area contributed by atoms with Crippen molar-refractivity contribution in [3.05, 3.63) is 48.0 Å². The molecule has 2 aromatic carbocycles. The van der Waals surface area contributed by atoms with E-state index >= 15 is 0 Å². The third kappa shape index (κ3) is 4.50. The molecule has 180 valence electrons. The second-order valence-corrected chi connectivity index (χ2v) is 9.98. The third-order valence-corrected chi connectivity index (χ3v) is 7.75. The molecule has 4 fully saturated rings. The average Bonchev–Trinajstić information content (AvgIpc) is 2.82. The minimum absolute atomic E-state index is 0.0790. The first-order valence-electron chi connectivity index (χ1n) is 12.7. The number of anilines is 2. The molecule has 4 aliphatic rings. The maximum atomic E-state index is 13.5. The number of hydrogen-bond acceptors (Lipinski definition) is 4. The van der Waals surface area contributed by atoms with E-state index in [1.54, 1.807) is 24.3 Å². The Bertz CT molecular complexity index is 1020. The topological polar surface area (TPSA) is 76.7 Å². The standard InChI is InChI=1S/C28H34N2O4/c1-3-33-24-16-23(30-28(32)26-20-11-17-10-18(13-20)14-21(26)12-17)25(34-4-2)15-22(24)29-27(31)19-8-6-5-7-9-19/h5-9,15-18,20-21,26H,3-4,10-14H2,1-2H3,(H,29,31)(H,30,32). The highest BCUT2D eigenvalue weighted by Gasteiger charge is 2.50. The SMILES string of the molecule is CCOc1cc(NC(=O)C2C3CC4CC(C3)CC2C4)c(OCC)cc1NC(=O)c1ccccc1. The van der Waals surface area contributed by atoms with Crippen LogP contribution in [0.25, 0.3) is 0 Å². The van der Waals surface area contributed by atoms with Gasteiger partial charge in [-0.05, 0) is 81.8 Å². The van der Waals surface area contributed by atoms with Crippen LogP contribution >= 0.6 is 0 Å². The quantitative estimate of drug-likeness (QED) is 0.524. The molecule has 0 heterocycles. The molecule has 4 bridgehead atoms. The van der Waals surface area contributed by atoms with Crippen molar-refractivity contribution >= 4 is 23.2 Å². The summed E-state index contributed by atoms with van der Waals surface area (Å²) in [6, 6.07) is 12.6. The summed E-state index contributed by atoms with van der Waals surface area (Å²) < 4.78 is 11.7. The largest absolute Gasteiger partial charge is 0.492 e. The second-order valence-electron chi connectivity index (χ2n) is 9.98. The van der Waals surface area contributed by atoms with Crippen molar-refractivity contribution in [1.29, 1.82) is 0 Å². The van der Waals surface area contributed by atoms with Crippen molar-refractivity contribution in [3.63, 3.8) is 0 Å². The zero-order valence-corrected chi connectivity index (χ0v) is 20.0. The Hall–Kier alpha value is -3.02. The van der Waals surface area contributed by atoms with Crippen LogP contribution in [0.2, 0.25) is 0 Å². The van der Waals surface area contributed by atoms with Gasteiger partial charge in [-0.2, -0.15) is 0 Å². The van der Waals surface area contributed by atoms with Gasteiger partial charge in [-0.25, -0.2) is 0 Å². The Morgan fingerprint density at radius 3 is 1.85 bits per heavy atom. The lowest BCUT2D eigenvalue weighted by Gasteiger charge is -2.53. The summed E-state index contributed by atoms with van der Waals surface area (Å²) >= 11 is 0. The average molecular weight is 463 g/mol. The molecule has 2 N–H and O–H groups in total. The van der Waals surface area contributed by atoms with Crippen LogP contribution in [-0.4, -0.2) is 25.0 Å². The van der Waals surface area contributed by atoms with E-state index in [4.69, 9.17) is 9.47 Å². The molecule has 2 aromatic rings. The molecule has 0 radical (unpaired) electrons. The molecule has 6 heteroatoms. The van der Waals surface area contributed by atoms with Gasteiger partial charge in [0.25, 0.3) is 5.91 Å². The van der Waals surface area contributed by atoms with Gasteiger partial charge in [-0.1, -0.05) is 18.2 Å². The molecule has 6 rings (SSSR count). The second kappa shape index (κ2) is 9.69. The molecule has 6 nitrogen and oxygen atoms in total. The first kappa shape index (κ1) is 22.8. The van der Waals surface area contributed by atoms with Crippen molar-refractivity contribution in [3.8, 4) is 11.5 Å². The number of amides is 2. The Morgan fingerprint density at radius 1 is 0.794 bits per heavy atom. The predicted molar refractivity (Wildman–Crippen MR) is 132 cm³/mol. The molecule has 0 saturated heterocycles. The van der Waals surface area contributed by atoms with Gasteiger partial charge < -0.3 is 20.1 Å². The molecule has 2 amide bonds. The lowest BCUT2D eigenvalue weighted by atomic mass is 9.51. The molecule has 0 aliphatic heterocycles. The van der Waals surface area contributed by atoms with Crippen molar-refractivity contribution in [1.82, 2.24) is 0 Å². The van der Waals surface area contributed by atoms with Crippen molar-refractivity contribution in [2.45, 2.75) is 46.0 Å². The molecule has 0 unspecified atom stereocenters. The third-order valence-electron chi connectivity index (χ3n) is 7.75. The van der Waals surface area contributed by atoms with Crippen LogP contribution in [-0.2, 0) is 4.79 Å². The number of carbonyl (C=O) groups is 2. The first-order valence-corrected chi connectivity index (χ1v) is 12.7. The Kier molecular flexibility index (Phi) is 6.48. The highest BCUT2D eigenvalue weighted by Crippen LogP contribution is 2.56. The summed E-state index contributed by atoms with van der Waals surface area (Å²) in [5.74, 6) is 3.64. The molecule has 4 saturated carbocycles. The molecule has 4 aliphatic carbocycles. The Morgan fingerprint density at radius 2 is 1.32 bits per heavy atom. The van der Waals surface area contributed by atoms with Crippen LogP contribution in [0.1, 0.15) is 56.3 Å². The monoisotopic (exact) mass is 462 g/mol. The summed E-state index contributed by atoms with van der Waals surface area (Å²) in [6.07, 6.45) is 6.13. The lowest BCUT2D eigenvalue weighted by molar-refractivity contribution is -0.132. The fraction of sp³-hybridized carbons (Fsp3) is 0.500. The molecule has 0 spiro atoms. The fourth-order valence-corrected chi connectivity index (χ4v) is 6.66. The predicted octanol–water partition coefficient (Wildman–Crippen LogP) is 5.75. The van der Waals surface area contributed by atoms with Gasteiger partial charge in [-0.3, -0.25) is 9.59 Å². The molecule has 0 aromatic heterocycles. The highest BCUT2D eigenvalue weighted by molar-refractivity contribution is 6.05. The minimum atomic E-state index is -0.227. The smallest absolute Gasteiger partial charge is 0.255 e. The fourth-order valence-electron chi connectivity index (χ4n) is 6.66. The van der Waals surface area contributed by atoms with Crippen LogP contribution in [0.15, 0.2) is 42.5 Å². The number of nitrogens with one attached hydrogen (secondary N) is 2. The van der Waals surface area contributed by atoms with E-state index in [9.17, 15) is 9.59 Å². The van der Waals surface area contributed by atoms with Gasteiger partial charge >= 0.3 is 0 Å². The van der Waals surface area contributed by atoms with E-state index in [1.807, 2.05) is 32.0 Å². The van der Waals surface area contributed by atoms with Crippen LogP contribution in [0, 0.1) is 29.6 Å². The van der Waals surface area contributed by atoms with E-state index < -0.39 is 0 Å². The van der Waals surface area contributed by atoms with Gasteiger partial charge in [0.2, 0.25) is 5.91 Å². The number of benzene rings is 2. The van der Waals surface area contributed by atoms with Crippen molar-refractivity contribution in [2.75, 3.05) is 23.8 Å². The number of rotatable bonds is 8. The summed E-state index contributed by atoms with van der Waals surface area (Å²) in [4.78, 5) is 26.3. The molecule has 0 atom stereocenters. The van der Waals surface area contributed by atoms with E-state index in [0.29, 0.717) is 53.5 Å². The summed E-state index contributed by atoms with van der Waals surface area (Å²) in [6.45, 7) is 4.68. The van der Waals surface area contributed by atoms with Gasteiger partial charge in [0.05, 0.1) is 24.6 Å². The Labute approximate surface area is 201 Å². The van der Waals surface area contributed by atoms with Crippen LogP contribution < -0.4 is 20.1 Å². The van der Waals surface area contributed by atoms with Crippen LogP contribution in [0.4, 0.5) is 11.4 Å². The zero-order chi connectivity index (χ0) is 23.7. The van der Waals surface area contributed by atoms with Crippen molar-refractivity contribution < 1.29 is 19.1 Å². The minimum Gasteiger partial charge on any atom is -0.492 e. The van der Waals surface area contributed by atoms with E-state index in [2.05, 4.69) is 10.6 Å². The summed E-state index contributed by atoms with van der Waals surface area (Å²) in [7, 11) is 0. The highest BCUT2D eigenvalue weighted by atomic mass is 16.5. The number of ether oxygens (including phenoxy) is 2. The molecular formula is C28H34N2O4. The number of carbonyl (C=O) groups excluding carboxylic acids is 2. The molecule has 34 heavy (non-hydrogen) atoms. The molecular weight excluding hydrogens is 428 g/mol. The van der Waals surface area contributed by atoms with Gasteiger partial charge in [0.1, 0.15) is 11.5 Å². The normalized spacial score (nSPS) is 26.7. The maximum absolute atomic E-state index is 13.5. The first-order chi connectivity index (χ1) is 16.6. The van der Waals surface area contributed by atoms with Gasteiger partial charge in [-0.15, -0.1) is 0 Å². The van der Waals surface area contributed by atoms with Crippen LogP contribution in [0.3, 0.4) is 0 Å². The van der Waals surface area contributed by atoms with E-state index in [-0.39, 0.29) is 17.7 Å². The van der Waals surface area contributed by atoms with Crippen molar-refractivity contribution in [2.24, 2.45) is 29.6 Å².